The lowest BCUT2D eigenvalue weighted by molar-refractivity contribution is -0.384. The molecule has 1 amide bonds. The maximum absolute atomic E-state index is 12.6. The first kappa shape index (κ1) is 16.2. The van der Waals surface area contributed by atoms with Crippen LogP contribution in [0.4, 0.5) is 5.69 Å². The van der Waals surface area contributed by atoms with Crippen LogP contribution in [0.5, 0.6) is 0 Å². The standard InChI is InChI=1S/C14H18IN3O3/c1-16(2)10-5-7-17(8-6-10)14(19)12-9-11(18(20)21)3-4-13(12)15/h3-4,9-10H,5-8H2,1-2H3. The molecule has 0 atom stereocenters. The first-order chi connectivity index (χ1) is 9.90. The Morgan fingerprint density at radius 1 is 1.38 bits per heavy atom. The molecule has 21 heavy (non-hydrogen) atoms. The molecule has 0 spiro atoms. The van der Waals surface area contributed by atoms with Gasteiger partial charge in [-0.2, -0.15) is 0 Å². The predicted octanol–water partition coefficient (Wildman–Crippen LogP) is 2.37. The predicted molar refractivity (Wildman–Crippen MR) is 88.4 cm³/mol. The maximum atomic E-state index is 12.6. The van der Waals surface area contributed by atoms with E-state index in [2.05, 4.69) is 4.90 Å². The van der Waals surface area contributed by atoms with Crippen LogP contribution in [0.25, 0.3) is 0 Å². The van der Waals surface area contributed by atoms with E-state index in [-0.39, 0.29) is 11.6 Å². The van der Waals surface area contributed by atoms with Crippen molar-refractivity contribution in [2.75, 3.05) is 27.2 Å². The highest BCUT2D eigenvalue weighted by molar-refractivity contribution is 14.1. The lowest BCUT2D eigenvalue weighted by atomic mass is 10.0. The molecule has 0 saturated carbocycles. The monoisotopic (exact) mass is 403 g/mol. The third-order valence-electron chi connectivity index (χ3n) is 3.87. The van der Waals surface area contributed by atoms with Gasteiger partial charge < -0.3 is 9.80 Å². The Labute approximate surface area is 137 Å². The maximum Gasteiger partial charge on any atom is 0.270 e. The van der Waals surface area contributed by atoms with Crippen LogP contribution in [0.1, 0.15) is 23.2 Å². The van der Waals surface area contributed by atoms with Gasteiger partial charge in [-0.05, 0) is 55.6 Å². The summed E-state index contributed by atoms with van der Waals surface area (Å²) in [7, 11) is 4.09. The topological polar surface area (TPSA) is 66.7 Å². The summed E-state index contributed by atoms with van der Waals surface area (Å²) in [6.45, 7) is 1.39. The molecular weight excluding hydrogens is 385 g/mol. The van der Waals surface area contributed by atoms with Crippen LogP contribution in [-0.2, 0) is 0 Å². The summed E-state index contributed by atoms with van der Waals surface area (Å²) in [5.41, 5.74) is 0.384. The van der Waals surface area contributed by atoms with E-state index in [0.29, 0.717) is 24.7 Å². The summed E-state index contributed by atoms with van der Waals surface area (Å²) in [5, 5.41) is 10.9. The van der Waals surface area contributed by atoms with Crippen molar-refractivity contribution < 1.29 is 9.72 Å². The number of carbonyl (C=O) groups is 1. The Morgan fingerprint density at radius 2 is 2.00 bits per heavy atom. The number of piperidine rings is 1. The second-order valence-corrected chi connectivity index (χ2v) is 6.57. The molecule has 114 valence electrons. The average molecular weight is 403 g/mol. The Hall–Kier alpha value is -1.22. The zero-order valence-corrected chi connectivity index (χ0v) is 14.2. The van der Waals surface area contributed by atoms with Crippen molar-refractivity contribution in [1.82, 2.24) is 9.80 Å². The van der Waals surface area contributed by atoms with E-state index in [0.717, 1.165) is 16.4 Å². The Kier molecular flexibility index (Phi) is 5.15. The van der Waals surface area contributed by atoms with Crippen molar-refractivity contribution in [1.29, 1.82) is 0 Å². The smallest absolute Gasteiger partial charge is 0.270 e. The average Bonchev–Trinajstić information content (AvgIpc) is 2.47. The van der Waals surface area contributed by atoms with E-state index in [1.165, 1.54) is 12.1 Å². The van der Waals surface area contributed by atoms with E-state index in [9.17, 15) is 14.9 Å². The second kappa shape index (κ2) is 6.69. The largest absolute Gasteiger partial charge is 0.338 e. The van der Waals surface area contributed by atoms with Gasteiger partial charge in [-0.1, -0.05) is 0 Å². The van der Waals surface area contributed by atoms with Crippen molar-refractivity contribution in [2.45, 2.75) is 18.9 Å². The van der Waals surface area contributed by atoms with Crippen LogP contribution in [-0.4, -0.2) is 53.9 Å². The molecule has 0 bridgehead atoms. The van der Waals surface area contributed by atoms with Crippen molar-refractivity contribution in [3.8, 4) is 0 Å². The molecule has 1 saturated heterocycles. The third kappa shape index (κ3) is 3.70. The molecule has 0 aliphatic carbocycles. The van der Waals surface area contributed by atoms with E-state index >= 15 is 0 Å². The Balaban J connectivity index is 2.14. The molecule has 1 heterocycles. The first-order valence-corrected chi connectivity index (χ1v) is 7.87. The lowest BCUT2D eigenvalue weighted by Crippen LogP contribution is -2.44. The van der Waals surface area contributed by atoms with Crippen LogP contribution < -0.4 is 0 Å². The minimum atomic E-state index is -0.467. The number of carbonyl (C=O) groups excluding carboxylic acids is 1. The fraction of sp³-hybridized carbons (Fsp3) is 0.500. The van der Waals surface area contributed by atoms with Crippen molar-refractivity contribution in [3.05, 3.63) is 37.4 Å². The van der Waals surface area contributed by atoms with Gasteiger partial charge in [0.25, 0.3) is 11.6 Å². The number of nitrogens with zero attached hydrogens (tertiary/aromatic N) is 3. The van der Waals surface area contributed by atoms with Gasteiger partial charge in [0.05, 0.1) is 10.5 Å². The van der Waals surface area contributed by atoms with Crippen LogP contribution >= 0.6 is 22.6 Å². The molecule has 1 aromatic carbocycles. The molecule has 0 unspecified atom stereocenters. The zero-order chi connectivity index (χ0) is 15.6. The number of amides is 1. The second-order valence-electron chi connectivity index (χ2n) is 5.41. The number of hydrogen-bond acceptors (Lipinski definition) is 4. The van der Waals surface area contributed by atoms with Crippen LogP contribution in [0.15, 0.2) is 18.2 Å². The van der Waals surface area contributed by atoms with Gasteiger partial charge in [0.15, 0.2) is 0 Å². The minimum Gasteiger partial charge on any atom is -0.338 e. The fourth-order valence-corrected chi connectivity index (χ4v) is 3.11. The van der Waals surface area contributed by atoms with Gasteiger partial charge in [0.1, 0.15) is 0 Å². The van der Waals surface area contributed by atoms with Crippen molar-refractivity contribution in [2.24, 2.45) is 0 Å². The quantitative estimate of drug-likeness (QED) is 0.442. The molecule has 1 aliphatic heterocycles. The summed E-state index contributed by atoms with van der Waals surface area (Å²) in [6.07, 6.45) is 1.87. The summed E-state index contributed by atoms with van der Waals surface area (Å²) < 4.78 is 0.748. The van der Waals surface area contributed by atoms with Gasteiger partial charge in [0.2, 0.25) is 0 Å². The summed E-state index contributed by atoms with van der Waals surface area (Å²) in [4.78, 5) is 26.9. The van der Waals surface area contributed by atoms with Crippen molar-refractivity contribution in [3.63, 3.8) is 0 Å². The van der Waals surface area contributed by atoms with Gasteiger partial charge in [-0.15, -0.1) is 0 Å². The zero-order valence-electron chi connectivity index (χ0n) is 12.1. The fourth-order valence-electron chi connectivity index (χ4n) is 2.55. The molecule has 0 radical (unpaired) electrons. The number of benzene rings is 1. The van der Waals surface area contributed by atoms with Crippen LogP contribution in [0.3, 0.4) is 0 Å². The third-order valence-corrected chi connectivity index (χ3v) is 4.81. The molecule has 1 aliphatic rings. The Morgan fingerprint density at radius 3 is 2.52 bits per heavy atom. The number of rotatable bonds is 3. The number of halogens is 1. The summed E-state index contributed by atoms with van der Waals surface area (Å²) in [6, 6.07) is 4.93. The normalized spacial score (nSPS) is 16.3. The Bertz CT molecular complexity index is 554. The highest BCUT2D eigenvalue weighted by atomic mass is 127. The molecule has 1 fully saturated rings. The lowest BCUT2D eigenvalue weighted by Gasteiger charge is -2.35. The highest BCUT2D eigenvalue weighted by Gasteiger charge is 2.26. The van der Waals surface area contributed by atoms with Gasteiger partial charge in [-0.3, -0.25) is 14.9 Å². The SMILES string of the molecule is CN(C)C1CCN(C(=O)c2cc([N+](=O)[O-])ccc2I)CC1. The van der Waals surface area contributed by atoms with Crippen molar-refractivity contribution >= 4 is 34.2 Å². The molecule has 7 heteroatoms. The molecule has 6 nitrogen and oxygen atoms in total. The van der Waals surface area contributed by atoms with E-state index in [1.54, 1.807) is 11.0 Å². The molecule has 1 aromatic rings. The van der Waals surface area contributed by atoms with Gasteiger partial charge >= 0.3 is 0 Å². The van der Waals surface area contributed by atoms with Crippen LogP contribution in [0, 0.1) is 13.7 Å². The van der Waals surface area contributed by atoms with E-state index in [4.69, 9.17) is 0 Å². The number of nitro groups is 1. The minimum absolute atomic E-state index is 0.0399. The molecular formula is C14H18IN3O3. The number of non-ortho nitro benzene ring substituents is 1. The highest BCUT2D eigenvalue weighted by Crippen LogP contribution is 2.23. The van der Waals surface area contributed by atoms with E-state index in [1.807, 2.05) is 36.7 Å². The summed E-state index contributed by atoms with van der Waals surface area (Å²) >= 11 is 2.05. The number of likely N-dealkylation sites (tertiary alicyclic amines) is 1. The summed E-state index contributed by atoms with van der Waals surface area (Å²) in [5.74, 6) is -0.111. The number of nitro benzene ring substituents is 1. The van der Waals surface area contributed by atoms with Gasteiger partial charge in [0, 0.05) is 34.8 Å². The number of hydrogen-bond donors (Lipinski definition) is 0. The van der Waals surface area contributed by atoms with E-state index < -0.39 is 4.92 Å². The van der Waals surface area contributed by atoms with Gasteiger partial charge in [-0.25, -0.2) is 0 Å². The molecule has 0 aromatic heterocycles. The first-order valence-electron chi connectivity index (χ1n) is 6.80. The molecule has 0 N–H and O–H groups in total. The molecule has 2 rings (SSSR count). The van der Waals surface area contributed by atoms with Crippen LogP contribution in [0.2, 0.25) is 0 Å².